The molecule has 3 N–H and O–H groups in total. The van der Waals surface area contributed by atoms with Crippen LogP contribution in [0.3, 0.4) is 0 Å². The summed E-state index contributed by atoms with van der Waals surface area (Å²) >= 11 is 0. The highest BCUT2D eigenvalue weighted by Gasteiger charge is 2.23. The lowest BCUT2D eigenvalue weighted by Crippen LogP contribution is -2.33. The van der Waals surface area contributed by atoms with Crippen LogP contribution in [0.2, 0.25) is 0 Å². The number of rotatable bonds is 3. The molecule has 2 aliphatic rings. The predicted molar refractivity (Wildman–Crippen MR) is 86.5 cm³/mol. The van der Waals surface area contributed by atoms with E-state index in [-0.39, 0.29) is 23.5 Å². The number of amides is 1. The van der Waals surface area contributed by atoms with E-state index in [0.717, 1.165) is 25.7 Å². The van der Waals surface area contributed by atoms with E-state index < -0.39 is 0 Å². The number of carbonyl (C=O) groups is 1. The molecule has 1 amide bonds. The first kappa shape index (κ1) is 14.8. The first-order valence-electron chi connectivity index (χ1n) is 8.14. The number of nitrogens with zero attached hydrogens (tertiary/aromatic N) is 3. The van der Waals surface area contributed by atoms with Crippen molar-refractivity contribution in [2.45, 2.75) is 31.7 Å². The summed E-state index contributed by atoms with van der Waals surface area (Å²) < 4.78 is 12.5. The van der Waals surface area contributed by atoms with Gasteiger partial charge in [0.05, 0.1) is 5.69 Å². The fourth-order valence-electron chi connectivity index (χ4n) is 3.13. The van der Waals surface area contributed by atoms with Gasteiger partial charge in [-0.25, -0.2) is 0 Å². The topological polar surface area (TPSA) is 104 Å². The van der Waals surface area contributed by atoms with Gasteiger partial charge < -0.3 is 20.5 Å². The van der Waals surface area contributed by atoms with E-state index in [4.69, 9.17) is 15.2 Å². The molecule has 1 fully saturated rings. The van der Waals surface area contributed by atoms with Crippen LogP contribution < -0.4 is 20.5 Å². The SMILES string of the molecule is Nc1c(C(=O)NC2CCCC2)nnn1-c1ccc2c(c1)OCCO2. The lowest BCUT2D eigenvalue weighted by molar-refractivity contribution is 0.0933. The van der Waals surface area contributed by atoms with Gasteiger partial charge in [-0.15, -0.1) is 5.10 Å². The van der Waals surface area contributed by atoms with E-state index in [9.17, 15) is 4.79 Å². The standard InChI is InChI=1S/C16H19N5O3/c17-15-14(16(22)18-10-3-1-2-4-10)19-20-21(15)11-5-6-12-13(9-11)24-8-7-23-12/h5-6,9-10H,1-4,7-8,17H2,(H,18,22). The molecule has 4 rings (SSSR count). The second-order valence-corrected chi connectivity index (χ2v) is 6.02. The van der Waals surface area contributed by atoms with Crippen LogP contribution in [0.15, 0.2) is 18.2 Å². The van der Waals surface area contributed by atoms with E-state index in [1.54, 1.807) is 18.2 Å². The van der Waals surface area contributed by atoms with Crippen LogP contribution in [0.5, 0.6) is 11.5 Å². The zero-order valence-electron chi connectivity index (χ0n) is 13.2. The Morgan fingerprint density at radius 1 is 1.21 bits per heavy atom. The fourth-order valence-corrected chi connectivity index (χ4v) is 3.13. The Balaban J connectivity index is 1.58. The van der Waals surface area contributed by atoms with Gasteiger partial charge in [0.15, 0.2) is 23.0 Å². The summed E-state index contributed by atoms with van der Waals surface area (Å²) in [6, 6.07) is 5.58. The van der Waals surface area contributed by atoms with Crippen molar-refractivity contribution in [3.63, 3.8) is 0 Å². The maximum absolute atomic E-state index is 12.3. The number of hydrogen-bond donors (Lipinski definition) is 2. The molecule has 2 heterocycles. The van der Waals surface area contributed by atoms with Crippen molar-refractivity contribution in [3.8, 4) is 17.2 Å². The summed E-state index contributed by atoms with van der Waals surface area (Å²) in [6.07, 6.45) is 4.29. The predicted octanol–water partition coefficient (Wildman–Crippen LogP) is 1.29. The maximum atomic E-state index is 12.3. The van der Waals surface area contributed by atoms with Crippen LogP contribution in [0.25, 0.3) is 5.69 Å². The highest BCUT2D eigenvalue weighted by Crippen LogP contribution is 2.32. The molecular weight excluding hydrogens is 310 g/mol. The van der Waals surface area contributed by atoms with E-state index in [0.29, 0.717) is 30.4 Å². The van der Waals surface area contributed by atoms with E-state index in [2.05, 4.69) is 15.6 Å². The number of nitrogens with two attached hydrogens (primary N) is 1. The van der Waals surface area contributed by atoms with Crippen molar-refractivity contribution < 1.29 is 14.3 Å². The van der Waals surface area contributed by atoms with Crippen molar-refractivity contribution >= 4 is 11.7 Å². The largest absolute Gasteiger partial charge is 0.486 e. The summed E-state index contributed by atoms with van der Waals surface area (Å²) in [5.41, 5.74) is 6.91. The molecule has 0 bridgehead atoms. The van der Waals surface area contributed by atoms with Crippen molar-refractivity contribution in [2.75, 3.05) is 18.9 Å². The third-order valence-corrected chi connectivity index (χ3v) is 4.38. The Labute approximate surface area is 138 Å². The number of anilines is 1. The zero-order chi connectivity index (χ0) is 16.5. The molecule has 24 heavy (non-hydrogen) atoms. The van der Waals surface area contributed by atoms with Gasteiger partial charge in [-0.2, -0.15) is 4.68 Å². The summed E-state index contributed by atoms with van der Waals surface area (Å²) in [6.45, 7) is 1.03. The van der Waals surface area contributed by atoms with Crippen molar-refractivity contribution in [2.24, 2.45) is 0 Å². The molecule has 2 aromatic rings. The van der Waals surface area contributed by atoms with Gasteiger partial charge in [0.1, 0.15) is 13.2 Å². The van der Waals surface area contributed by atoms with Crippen LogP contribution in [0, 0.1) is 0 Å². The molecular formula is C16H19N5O3. The number of aromatic nitrogens is 3. The van der Waals surface area contributed by atoms with Crippen molar-refractivity contribution in [1.82, 2.24) is 20.3 Å². The second kappa shape index (κ2) is 6.03. The lowest BCUT2D eigenvalue weighted by atomic mass is 10.2. The molecule has 1 saturated carbocycles. The summed E-state index contributed by atoms with van der Waals surface area (Å²) in [4.78, 5) is 12.3. The lowest BCUT2D eigenvalue weighted by Gasteiger charge is -2.18. The summed E-state index contributed by atoms with van der Waals surface area (Å²) in [5, 5.41) is 10.9. The van der Waals surface area contributed by atoms with Crippen LogP contribution in [-0.2, 0) is 0 Å². The Kier molecular flexibility index (Phi) is 3.72. The van der Waals surface area contributed by atoms with Crippen molar-refractivity contribution in [3.05, 3.63) is 23.9 Å². The number of hydrogen-bond acceptors (Lipinski definition) is 6. The monoisotopic (exact) mass is 329 g/mol. The second-order valence-electron chi connectivity index (χ2n) is 6.02. The minimum Gasteiger partial charge on any atom is -0.486 e. The molecule has 8 nitrogen and oxygen atoms in total. The fraction of sp³-hybridized carbons (Fsp3) is 0.438. The molecule has 0 saturated heterocycles. The zero-order valence-corrected chi connectivity index (χ0v) is 13.2. The number of nitrogens with one attached hydrogen (secondary N) is 1. The molecule has 0 atom stereocenters. The van der Waals surface area contributed by atoms with Crippen LogP contribution in [-0.4, -0.2) is 40.2 Å². The van der Waals surface area contributed by atoms with Gasteiger partial charge in [-0.1, -0.05) is 18.1 Å². The minimum absolute atomic E-state index is 0.150. The number of ether oxygens (including phenoxy) is 2. The van der Waals surface area contributed by atoms with Crippen LogP contribution in [0.1, 0.15) is 36.2 Å². The van der Waals surface area contributed by atoms with Gasteiger partial charge in [0.25, 0.3) is 5.91 Å². The molecule has 1 aromatic heterocycles. The number of nitrogen functional groups attached to an aromatic ring is 1. The molecule has 126 valence electrons. The van der Waals surface area contributed by atoms with E-state index in [1.807, 2.05) is 0 Å². The van der Waals surface area contributed by atoms with Crippen LogP contribution in [0.4, 0.5) is 5.82 Å². The minimum atomic E-state index is -0.275. The summed E-state index contributed by atoms with van der Waals surface area (Å²) in [7, 11) is 0. The molecule has 0 unspecified atom stereocenters. The van der Waals surface area contributed by atoms with Gasteiger partial charge in [0, 0.05) is 12.1 Å². The van der Waals surface area contributed by atoms with Gasteiger partial charge in [-0.3, -0.25) is 4.79 Å². The van der Waals surface area contributed by atoms with Crippen LogP contribution >= 0.6 is 0 Å². The molecule has 1 aliphatic carbocycles. The number of benzene rings is 1. The number of fused-ring (bicyclic) bond motifs is 1. The molecule has 8 heteroatoms. The maximum Gasteiger partial charge on any atom is 0.275 e. The van der Waals surface area contributed by atoms with E-state index >= 15 is 0 Å². The Morgan fingerprint density at radius 3 is 2.75 bits per heavy atom. The quantitative estimate of drug-likeness (QED) is 0.879. The van der Waals surface area contributed by atoms with Gasteiger partial charge in [0.2, 0.25) is 0 Å². The smallest absolute Gasteiger partial charge is 0.275 e. The Morgan fingerprint density at radius 2 is 1.96 bits per heavy atom. The van der Waals surface area contributed by atoms with Gasteiger partial charge >= 0.3 is 0 Å². The average molecular weight is 329 g/mol. The molecule has 1 aliphatic heterocycles. The molecule has 0 spiro atoms. The third-order valence-electron chi connectivity index (χ3n) is 4.38. The first-order valence-corrected chi connectivity index (χ1v) is 8.14. The summed E-state index contributed by atoms with van der Waals surface area (Å²) in [5.74, 6) is 1.25. The normalized spacial score (nSPS) is 17.0. The average Bonchev–Trinajstić information content (AvgIpc) is 3.24. The third kappa shape index (κ3) is 2.64. The highest BCUT2D eigenvalue weighted by atomic mass is 16.6. The highest BCUT2D eigenvalue weighted by molar-refractivity contribution is 5.96. The van der Waals surface area contributed by atoms with E-state index in [1.165, 1.54) is 4.68 Å². The Bertz CT molecular complexity index is 767. The Hall–Kier alpha value is -2.77. The first-order chi connectivity index (χ1) is 11.7. The van der Waals surface area contributed by atoms with Crippen molar-refractivity contribution in [1.29, 1.82) is 0 Å². The number of carbonyl (C=O) groups excluding carboxylic acids is 1. The molecule has 0 radical (unpaired) electrons. The van der Waals surface area contributed by atoms with Gasteiger partial charge in [-0.05, 0) is 25.0 Å². The molecule has 1 aromatic carbocycles.